The van der Waals surface area contributed by atoms with E-state index in [1.807, 2.05) is 9.80 Å². The van der Waals surface area contributed by atoms with E-state index in [0.717, 1.165) is 12.1 Å². The van der Waals surface area contributed by atoms with E-state index in [2.05, 4.69) is 25.5 Å². The number of nitrogens with zero attached hydrogens (tertiary/aromatic N) is 6. The number of nitrogens with one attached hydrogen (secondary N) is 1. The maximum Gasteiger partial charge on any atom is 0.416 e. The molecule has 0 atom stereocenters. The van der Waals surface area contributed by atoms with Crippen molar-refractivity contribution in [3.63, 3.8) is 0 Å². The second-order valence-electron chi connectivity index (χ2n) is 6.95. The van der Waals surface area contributed by atoms with Crippen LogP contribution in [-0.2, 0) is 15.7 Å². The Morgan fingerprint density at radius 1 is 0.839 bits per heavy atom. The Bertz CT molecular complexity index is 860. The second kappa shape index (κ2) is 9.43. The molecule has 1 aromatic heterocycles. The third kappa shape index (κ3) is 5.58. The maximum absolute atomic E-state index is 12.7. The summed E-state index contributed by atoms with van der Waals surface area (Å²) in [5.74, 6) is 1.29. The molecule has 166 valence electrons. The fourth-order valence-corrected chi connectivity index (χ4v) is 3.14. The third-order valence-corrected chi connectivity index (χ3v) is 4.82. The number of anilines is 3. The highest BCUT2D eigenvalue weighted by Gasteiger charge is 2.29. The average molecular weight is 437 g/mol. The molecule has 0 radical (unpaired) electrons. The molecule has 2 aromatic rings. The van der Waals surface area contributed by atoms with Crippen molar-refractivity contribution in [3.8, 4) is 0 Å². The van der Waals surface area contributed by atoms with E-state index in [-0.39, 0.29) is 5.95 Å². The van der Waals surface area contributed by atoms with E-state index in [4.69, 9.17) is 9.47 Å². The predicted octanol–water partition coefficient (Wildman–Crippen LogP) is 2.01. The van der Waals surface area contributed by atoms with E-state index in [9.17, 15) is 13.2 Å². The number of hydrazone groups is 1. The zero-order chi connectivity index (χ0) is 21.7. The van der Waals surface area contributed by atoms with Crippen molar-refractivity contribution in [1.82, 2.24) is 15.0 Å². The number of ether oxygens (including phenoxy) is 2. The lowest BCUT2D eigenvalue weighted by atomic mass is 10.1. The quantitative estimate of drug-likeness (QED) is 0.562. The van der Waals surface area contributed by atoms with Crippen molar-refractivity contribution >= 4 is 24.1 Å². The van der Waals surface area contributed by atoms with Crippen LogP contribution >= 0.6 is 0 Å². The predicted molar refractivity (Wildman–Crippen MR) is 109 cm³/mol. The topological polar surface area (TPSA) is 88.0 Å². The van der Waals surface area contributed by atoms with E-state index < -0.39 is 11.7 Å². The minimum atomic E-state index is -4.37. The van der Waals surface area contributed by atoms with Crippen molar-refractivity contribution < 1.29 is 22.6 Å². The molecule has 0 saturated carbocycles. The van der Waals surface area contributed by atoms with Gasteiger partial charge in [0.2, 0.25) is 17.8 Å². The van der Waals surface area contributed by atoms with E-state index in [1.165, 1.54) is 18.3 Å². The number of benzene rings is 1. The standard InChI is InChI=1S/C19H22F3N7O2/c20-19(21,22)15-3-1-14(2-4-15)13-23-27-16-24-17(28-5-9-30-10-6-28)26-18(25-16)29-7-11-31-12-8-29/h1-4,13H,5-12H2,(H,24,25,26,27)/b23-13+. The molecule has 2 fully saturated rings. The zero-order valence-electron chi connectivity index (χ0n) is 16.7. The maximum atomic E-state index is 12.7. The van der Waals surface area contributed by atoms with Crippen LogP contribution in [0.3, 0.4) is 0 Å². The lowest BCUT2D eigenvalue weighted by Gasteiger charge is -2.30. The second-order valence-corrected chi connectivity index (χ2v) is 6.95. The van der Waals surface area contributed by atoms with Crippen LogP contribution in [0.5, 0.6) is 0 Å². The van der Waals surface area contributed by atoms with E-state index in [0.29, 0.717) is 70.1 Å². The molecule has 1 aromatic carbocycles. The van der Waals surface area contributed by atoms with E-state index in [1.54, 1.807) is 0 Å². The SMILES string of the molecule is FC(F)(F)c1ccc(/C=N/Nc2nc(N3CCOCC3)nc(N3CCOCC3)n2)cc1. The number of alkyl halides is 3. The van der Waals surface area contributed by atoms with Crippen LogP contribution in [0.15, 0.2) is 29.4 Å². The fraction of sp³-hybridized carbons (Fsp3) is 0.474. The molecule has 0 amide bonds. The molecule has 4 rings (SSSR count). The summed E-state index contributed by atoms with van der Waals surface area (Å²) in [6.07, 6.45) is -2.96. The summed E-state index contributed by atoms with van der Waals surface area (Å²) in [6.45, 7) is 5.03. The molecule has 0 aliphatic carbocycles. The molecule has 9 nitrogen and oxygen atoms in total. The molecule has 1 N–H and O–H groups in total. The number of hydrogen-bond acceptors (Lipinski definition) is 9. The first kappa shape index (κ1) is 21.2. The average Bonchev–Trinajstić information content (AvgIpc) is 2.80. The van der Waals surface area contributed by atoms with Crippen molar-refractivity contribution in [2.45, 2.75) is 6.18 Å². The highest BCUT2D eigenvalue weighted by molar-refractivity contribution is 5.80. The summed E-state index contributed by atoms with van der Waals surface area (Å²) in [5, 5.41) is 4.08. The molecule has 3 heterocycles. The molecule has 2 aliphatic rings. The number of morpholine rings is 2. The molecular weight excluding hydrogens is 415 g/mol. The van der Waals surface area contributed by atoms with Gasteiger partial charge in [-0.05, 0) is 17.7 Å². The van der Waals surface area contributed by atoms with Crippen LogP contribution in [0.4, 0.5) is 31.0 Å². The summed E-state index contributed by atoms with van der Waals surface area (Å²) >= 11 is 0. The summed E-state index contributed by atoms with van der Waals surface area (Å²) in [6, 6.07) is 4.72. The van der Waals surface area contributed by atoms with Gasteiger partial charge in [-0.2, -0.15) is 33.2 Å². The van der Waals surface area contributed by atoms with Crippen LogP contribution < -0.4 is 15.2 Å². The highest BCUT2D eigenvalue weighted by Crippen LogP contribution is 2.28. The number of hydrogen-bond donors (Lipinski definition) is 1. The molecule has 12 heteroatoms. The van der Waals surface area contributed by atoms with Crippen LogP contribution in [0.1, 0.15) is 11.1 Å². The number of rotatable bonds is 5. The molecule has 2 saturated heterocycles. The summed E-state index contributed by atoms with van der Waals surface area (Å²) in [4.78, 5) is 17.5. The normalized spacial score (nSPS) is 17.9. The fourth-order valence-electron chi connectivity index (χ4n) is 3.14. The summed E-state index contributed by atoms with van der Waals surface area (Å²) in [7, 11) is 0. The molecule has 0 spiro atoms. The first-order valence-corrected chi connectivity index (χ1v) is 9.87. The van der Waals surface area contributed by atoms with Crippen molar-refractivity contribution in [1.29, 1.82) is 0 Å². The van der Waals surface area contributed by atoms with Gasteiger partial charge in [0.05, 0.1) is 38.2 Å². The van der Waals surface area contributed by atoms with Gasteiger partial charge in [0.1, 0.15) is 0 Å². The minimum Gasteiger partial charge on any atom is -0.378 e. The first-order chi connectivity index (χ1) is 15.0. The first-order valence-electron chi connectivity index (χ1n) is 9.87. The van der Waals surface area contributed by atoms with Crippen molar-refractivity contribution in [2.75, 3.05) is 67.8 Å². The minimum absolute atomic E-state index is 0.251. The molecule has 31 heavy (non-hydrogen) atoms. The molecule has 0 unspecified atom stereocenters. The van der Waals surface area contributed by atoms with Crippen LogP contribution in [0.2, 0.25) is 0 Å². The van der Waals surface area contributed by atoms with Gasteiger partial charge in [0.15, 0.2) is 0 Å². The van der Waals surface area contributed by atoms with E-state index >= 15 is 0 Å². The largest absolute Gasteiger partial charge is 0.416 e. The van der Waals surface area contributed by atoms with Gasteiger partial charge >= 0.3 is 6.18 Å². The third-order valence-electron chi connectivity index (χ3n) is 4.82. The van der Waals surface area contributed by atoms with Crippen LogP contribution in [0, 0.1) is 0 Å². The van der Waals surface area contributed by atoms with Gasteiger partial charge < -0.3 is 19.3 Å². The Hall–Kier alpha value is -2.99. The monoisotopic (exact) mass is 437 g/mol. The molecular formula is C19H22F3N7O2. The van der Waals surface area contributed by atoms with Gasteiger partial charge in [-0.1, -0.05) is 12.1 Å². The van der Waals surface area contributed by atoms with Crippen molar-refractivity contribution in [2.24, 2.45) is 5.10 Å². The number of aromatic nitrogens is 3. The Labute approximate surface area is 176 Å². The number of halogens is 3. The van der Waals surface area contributed by atoms with Gasteiger partial charge in [-0.3, -0.25) is 0 Å². The van der Waals surface area contributed by atoms with Crippen LogP contribution in [-0.4, -0.2) is 73.8 Å². The summed E-state index contributed by atoms with van der Waals surface area (Å²) in [5.41, 5.74) is 2.57. The Kier molecular flexibility index (Phi) is 6.47. The summed E-state index contributed by atoms with van der Waals surface area (Å²) < 4.78 is 48.8. The molecule has 2 aliphatic heterocycles. The van der Waals surface area contributed by atoms with Gasteiger partial charge in [-0.25, -0.2) is 5.43 Å². The van der Waals surface area contributed by atoms with Gasteiger partial charge in [0, 0.05) is 26.2 Å². The highest BCUT2D eigenvalue weighted by atomic mass is 19.4. The van der Waals surface area contributed by atoms with Gasteiger partial charge in [-0.15, -0.1) is 0 Å². The molecule has 0 bridgehead atoms. The van der Waals surface area contributed by atoms with Gasteiger partial charge in [0.25, 0.3) is 0 Å². The smallest absolute Gasteiger partial charge is 0.378 e. The van der Waals surface area contributed by atoms with Crippen molar-refractivity contribution in [3.05, 3.63) is 35.4 Å². The Balaban J connectivity index is 1.51. The lowest BCUT2D eigenvalue weighted by Crippen LogP contribution is -2.40. The lowest BCUT2D eigenvalue weighted by molar-refractivity contribution is -0.137. The Morgan fingerprint density at radius 2 is 1.35 bits per heavy atom. The zero-order valence-corrected chi connectivity index (χ0v) is 16.7. The van der Waals surface area contributed by atoms with Crippen LogP contribution in [0.25, 0.3) is 0 Å². The Morgan fingerprint density at radius 3 is 1.84 bits per heavy atom.